The zero-order valence-corrected chi connectivity index (χ0v) is 12.0. The average molecular weight is 279 g/mol. The molecule has 0 aliphatic carbocycles. The summed E-state index contributed by atoms with van der Waals surface area (Å²) < 4.78 is 0. The van der Waals surface area contributed by atoms with E-state index in [1.807, 2.05) is 25.9 Å². The van der Waals surface area contributed by atoms with E-state index in [-0.39, 0.29) is 6.04 Å². The molecule has 0 aliphatic heterocycles. The van der Waals surface area contributed by atoms with E-state index in [1.54, 1.807) is 30.3 Å². The number of benzene rings is 1. The van der Waals surface area contributed by atoms with Crippen LogP contribution in [0, 0.1) is 0 Å². The molecule has 2 atom stereocenters. The number of carboxylic acid groups (broad SMARTS) is 1. The lowest BCUT2D eigenvalue weighted by atomic mass is 10.1. The van der Waals surface area contributed by atoms with Crippen molar-refractivity contribution < 1.29 is 14.7 Å². The summed E-state index contributed by atoms with van der Waals surface area (Å²) in [5.74, 6) is -1.09. The van der Waals surface area contributed by atoms with Crippen molar-refractivity contribution in [2.45, 2.75) is 19.0 Å². The van der Waals surface area contributed by atoms with Gasteiger partial charge in [0.1, 0.15) is 0 Å². The van der Waals surface area contributed by atoms with Crippen molar-refractivity contribution in [2.75, 3.05) is 20.6 Å². The van der Waals surface area contributed by atoms with Crippen LogP contribution in [0.1, 0.15) is 18.5 Å². The topological polar surface area (TPSA) is 81.7 Å². The van der Waals surface area contributed by atoms with E-state index in [0.29, 0.717) is 12.1 Å². The summed E-state index contributed by atoms with van der Waals surface area (Å²) in [4.78, 5) is 25.0. The molecular formula is C14H21N3O3. The highest BCUT2D eigenvalue weighted by Gasteiger charge is 2.22. The Morgan fingerprint density at radius 2 is 1.80 bits per heavy atom. The van der Waals surface area contributed by atoms with E-state index < -0.39 is 18.0 Å². The maximum Gasteiger partial charge on any atom is 0.330 e. The lowest BCUT2D eigenvalue weighted by molar-refractivity contribution is -0.139. The minimum absolute atomic E-state index is 0.0739. The van der Waals surface area contributed by atoms with Crippen molar-refractivity contribution in [3.8, 4) is 0 Å². The Hall–Kier alpha value is -2.08. The summed E-state index contributed by atoms with van der Waals surface area (Å²) in [6.45, 7) is 2.54. The van der Waals surface area contributed by atoms with Gasteiger partial charge in [0.2, 0.25) is 0 Å². The number of urea groups is 1. The van der Waals surface area contributed by atoms with Gasteiger partial charge in [-0.05, 0) is 26.6 Å². The van der Waals surface area contributed by atoms with Crippen molar-refractivity contribution in [1.82, 2.24) is 15.5 Å². The number of rotatable bonds is 6. The van der Waals surface area contributed by atoms with Gasteiger partial charge in [-0.2, -0.15) is 0 Å². The molecule has 1 rings (SSSR count). The first-order valence-corrected chi connectivity index (χ1v) is 6.39. The van der Waals surface area contributed by atoms with E-state index in [9.17, 15) is 14.7 Å². The molecule has 20 heavy (non-hydrogen) atoms. The molecule has 0 aromatic heterocycles. The number of nitrogens with one attached hydrogen (secondary N) is 2. The van der Waals surface area contributed by atoms with Crippen LogP contribution in [-0.4, -0.2) is 48.7 Å². The normalized spacial score (nSPS) is 13.6. The fraction of sp³-hybridized carbons (Fsp3) is 0.429. The summed E-state index contributed by atoms with van der Waals surface area (Å²) in [5.41, 5.74) is 0.537. The number of carbonyl (C=O) groups is 2. The van der Waals surface area contributed by atoms with Gasteiger partial charge < -0.3 is 20.6 Å². The third kappa shape index (κ3) is 5.27. The maximum absolute atomic E-state index is 11.8. The second-order valence-electron chi connectivity index (χ2n) is 4.96. The number of amides is 2. The molecule has 1 unspecified atom stereocenters. The van der Waals surface area contributed by atoms with E-state index in [1.165, 1.54) is 0 Å². The van der Waals surface area contributed by atoms with Gasteiger partial charge in [-0.15, -0.1) is 0 Å². The Labute approximate surface area is 118 Å². The molecule has 0 saturated heterocycles. The van der Waals surface area contributed by atoms with Gasteiger partial charge in [-0.1, -0.05) is 30.3 Å². The van der Waals surface area contributed by atoms with Crippen LogP contribution >= 0.6 is 0 Å². The molecule has 0 saturated carbocycles. The maximum atomic E-state index is 11.8. The number of nitrogens with zero attached hydrogens (tertiary/aromatic N) is 1. The lowest BCUT2D eigenvalue weighted by Crippen LogP contribution is -2.47. The van der Waals surface area contributed by atoms with E-state index in [0.717, 1.165) is 0 Å². The number of carbonyl (C=O) groups excluding carboxylic acids is 1. The predicted molar refractivity (Wildman–Crippen MR) is 76.5 cm³/mol. The van der Waals surface area contributed by atoms with Crippen molar-refractivity contribution in [3.63, 3.8) is 0 Å². The molecule has 1 aromatic carbocycles. The number of hydrogen-bond donors (Lipinski definition) is 3. The standard InChI is InChI=1S/C14H21N3O3/c1-10(9-17(2)3)15-14(20)16-12(13(18)19)11-7-5-4-6-8-11/h4-8,10,12H,9H2,1-3H3,(H,18,19)(H2,15,16,20)/t10?,12-/m1/s1. The van der Waals surface area contributed by atoms with Gasteiger partial charge in [0.15, 0.2) is 6.04 Å². The van der Waals surface area contributed by atoms with Crippen LogP contribution in [0.25, 0.3) is 0 Å². The number of aliphatic carboxylic acids is 1. The highest BCUT2D eigenvalue weighted by atomic mass is 16.4. The van der Waals surface area contributed by atoms with E-state index >= 15 is 0 Å². The average Bonchev–Trinajstić information content (AvgIpc) is 2.35. The van der Waals surface area contributed by atoms with Crippen LogP contribution in [0.2, 0.25) is 0 Å². The Bertz CT molecular complexity index is 448. The Kier molecular flexibility index (Phi) is 5.99. The second kappa shape index (κ2) is 7.49. The first-order valence-electron chi connectivity index (χ1n) is 6.39. The monoisotopic (exact) mass is 279 g/mol. The second-order valence-corrected chi connectivity index (χ2v) is 4.96. The minimum Gasteiger partial charge on any atom is -0.479 e. The SMILES string of the molecule is CC(CN(C)C)NC(=O)N[C@@H](C(=O)O)c1ccccc1. The fourth-order valence-electron chi connectivity index (χ4n) is 1.92. The molecule has 6 heteroatoms. The largest absolute Gasteiger partial charge is 0.479 e. The molecule has 1 aromatic rings. The Balaban J connectivity index is 2.63. The zero-order valence-electron chi connectivity index (χ0n) is 12.0. The van der Waals surface area contributed by atoms with Crippen LogP contribution in [0.5, 0.6) is 0 Å². The van der Waals surface area contributed by atoms with Gasteiger partial charge >= 0.3 is 12.0 Å². The summed E-state index contributed by atoms with van der Waals surface area (Å²) in [6.07, 6.45) is 0. The van der Waals surface area contributed by atoms with Gasteiger partial charge in [0, 0.05) is 12.6 Å². The highest BCUT2D eigenvalue weighted by Crippen LogP contribution is 2.12. The molecule has 0 fully saturated rings. The quantitative estimate of drug-likeness (QED) is 0.727. The molecule has 0 bridgehead atoms. The molecule has 6 nitrogen and oxygen atoms in total. The first kappa shape index (κ1) is 16.0. The molecule has 110 valence electrons. The van der Waals surface area contributed by atoms with Crippen LogP contribution in [0.15, 0.2) is 30.3 Å². The number of carboxylic acids is 1. The van der Waals surface area contributed by atoms with Gasteiger partial charge in [-0.3, -0.25) is 0 Å². The molecule has 0 heterocycles. The predicted octanol–water partition coefficient (Wildman–Crippen LogP) is 1.06. The zero-order chi connectivity index (χ0) is 15.1. The van der Waals surface area contributed by atoms with Gasteiger partial charge in [0.05, 0.1) is 0 Å². The smallest absolute Gasteiger partial charge is 0.330 e. The van der Waals surface area contributed by atoms with Crippen molar-refractivity contribution in [3.05, 3.63) is 35.9 Å². The minimum atomic E-state index is -1.09. The van der Waals surface area contributed by atoms with Gasteiger partial charge in [0.25, 0.3) is 0 Å². The van der Waals surface area contributed by atoms with E-state index in [4.69, 9.17) is 0 Å². The molecule has 0 spiro atoms. The third-order valence-electron chi connectivity index (χ3n) is 2.67. The third-order valence-corrected chi connectivity index (χ3v) is 2.67. The molecule has 0 radical (unpaired) electrons. The lowest BCUT2D eigenvalue weighted by Gasteiger charge is -2.20. The Morgan fingerprint density at radius 3 is 2.30 bits per heavy atom. The van der Waals surface area contributed by atoms with Crippen LogP contribution in [0.3, 0.4) is 0 Å². The van der Waals surface area contributed by atoms with Crippen molar-refractivity contribution in [2.24, 2.45) is 0 Å². The van der Waals surface area contributed by atoms with Crippen LogP contribution < -0.4 is 10.6 Å². The summed E-state index contributed by atoms with van der Waals surface area (Å²) in [7, 11) is 3.81. The molecule has 2 amide bonds. The fourth-order valence-corrected chi connectivity index (χ4v) is 1.92. The van der Waals surface area contributed by atoms with Crippen LogP contribution in [0.4, 0.5) is 4.79 Å². The Morgan fingerprint density at radius 1 is 1.20 bits per heavy atom. The number of likely N-dealkylation sites (N-methyl/N-ethyl adjacent to an activating group) is 1. The van der Waals surface area contributed by atoms with Gasteiger partial charge in [-0.25, -0.2) is 9.59 Å². The summed E-state index contributed by atoms with van der Waals surface area (Å²) in [6, 6.07) is 6.99. The molecule has 0 aliphatic rings. The summed E-state index contributed by atoms with van der Waals surface area (Å²) >= 11 is 0. The number of hydrogen-bond acceptors (Lipinski definition) is 3. The molecule has 3 N–H and O–H groups in total. The summed E-state index contributed by atoms with van der Waals surface area (Å²) in [5, 5.41) is 14.4. The molecular weight excluding hydrogens is 258 g/mol. The van der Waals surface area contributed by atoms with Crippen LogP contribution in [-0.2, 0) is 4.79 Å². The first-order chi connectivity index (χ1) is 9.40. The van der Waals surface area contributed by atoms with Crippen molar-refractivity contribution >= 4 is 12.0 Å². The van der Waals surface area contributed by atoms with E-state index in [2.05, 4.69) is 10.6 Å². The van der Waals surface area contributed by atoms with Crippen molar-refractivity contribution in [1.29, 1.82) is 0 Å². The highest BCUT2D eigenvalue weighted by molar-refractivity contribution is 5.83.